The predicted octanol–water partition coefficient (Wildman–Crippen LogP) is 2.37. The third-order valence-corrected chi connectivity index (χ3v) is 4.88. The minimum atomic E-state index is 0.0474. The second-order valence-corrected chi connectivity index (χ2v) is 6.73. The van der Waals surface area contributed by atoms with Crippen molar-refractivity contribution in [2.24, 2.45) is 5.92 Å². The topological polar surface area (TPSA) is 67.2 Å². The highest BCUT2D eigenvalue weighted by Gasteiger charge is 2.23. The fourth-order valence-corrected chi connectivity index (χ4v) is 3.48. The van der Waals surface area contributed by atoms with Crippen LogP contribution in [0.25, 0.3) is 10.8 Å². The van der Waals surface area contributed by atoms with E-state index in [-0.39, 0.29) is 11.9 Å². The monoisotopic (exact) mass is 319 g/mol. The lowest BCUT2D eigenvalue weighted by molar-refractivity contribution is -0.121. The molecular weight excluding hydrogens is 298 g/mol. The van der Waals surface area contributed by atoms with E-state index in [2.05, 4.69) is 22.5 Å². The molecule has 3 rings (SSSR count). The van der Waals surface area contributed by atoms with Crippen LogP contribution < -0.4 is 10.6 Å². The largest absolute Gasteiger partial charge is 0.459 e. The number of thiazole rings is 1. The van der Waals surface area contributed by atoms with Crippen LogP contribution >= 0.6 is 11.3 Å². The average molecular weight is 319 g/mol. The van der Waals surface area contributed by atoms with Crippen LogP contribution in [-0.2, 0) is 11.2 Å². The molecule has 0 radical (unpaired) electrons. The molecule has 6 heteroatoms. The summed E-state index contributed by atoms with van der Waals surface area (Å²) in [6.07, 6.45) is 1.31. The summed E-state index contributed by atoms with van der Waals surface area (Å²) in [4.78, 5) is 16.7. The molecule has 3 heterocycles. The fourth-order valence-electron chi connectivity index (χ4n) is 2.70. The number of rotatable bonds is 4. The van der Waals surface area contributed by atoms with E-state index in [0.29, 0.717) is 12.3 Å². The van der Waals surface area contributed by atoms with E-state index in [1.54, 1.807) is 0 Å². The first kappa shape index (κ1) is 15.2. The van der Waals surface area contributed by atoms with Crippen LogP contribution in [0.4, 0.5) is 0 Å². The number of aromatic nitrogens is 1. The van der Waals surface area contributed by atoms with Crippen molar-refractivity contribution in [3.8, 4) is 10.8 Å². The van der Waals surface area contributed by atoms with Gasteiger partial charge in [0.2, 0.25) is 5.91 Å². The van der Waals surface area contributed by atoms with Crippen LogP contribution in [0.1, 0.15) is 24.8 Å². The Kier molecular flexibility index (Phi) is 4.59. The Bertz CT molecular complexity index is 649. The number of nitrogens with zero attached hydrogens (tertiary/aromatic N) is 1. The summed E-state index contributed by atoms with van der Waals surface area (Å²) in [5, 5.41) is 9.23. The van der Waals surface area contributed by atoms with Crippen molar-refractivity contribution in [1.82, 2.24) is 15.6 Å². The first-order valence-corrected chi connectivity index (χ1v) is 8.51. The molecule has 2 aromatic rings. The highest BCUT2D eigenvalue weighted by molar-refractivity contribution is 7.13. The quantitative estimate of drug-likeness (QED) is 0.908. The van der Waals surface area contributed by atoms with Crippen LogP contribution in [0, 0.1) is 12.8 Å². The number of aryl methyl sites for hydroxylation is 1. The molecule has 0 saturated carbocycles. The average Bonchev–Trinajstić information content (AvgIpc) is 3.10. The lowest BCUT2D eigenvalue weighted by Gasteiger charge is -2.30. The van der Waals surface area contributed by atoms with Gasteiger partial charge in [0, 0.05) is 11.4 Å². The van der Waals surface area contributed by atoms with Gasteiger partial charge in [0.05, 0.1) is 12.1 Å². The van der Waals surface area contributed by atoms with Gasteiger partial charge in [-0.15, -0.1) is 11.3 Å². The summed E-state index contributed by atoms with van der Waals surface area (Å²) < 4.78 is 5.56. The van der Waals surface area contributed by atoms with E-state index < -0.39 is 0 Å². The number of amides is 1. The number of nitrogens with one attached hydrogen (secondary N) is 2. The molecule has 1 fully saturated rings. The number of hydrogen-bond donors (Lipinski definition) is 2. The maximum absolute atomic E-state index is 12.2. The van der Waals surface area contributed by atoms with Crippen LogP contribution in [0.5, 0.6) is 0 Å². The molecule has 2 aromatic heterocycles. The van der Waals surface area contributed by atoms with Gasteiger partial charge in [-0.1, -0.05) is 6.92 Å². The van der Waals surface area contributed by atoms with Crippen LogP contribution in [0.3, 0.4) is 0 Å². The van der Waals surface area contributed by atoms with Crippen molar-refractivity contribution >= 4 is 17.2 Å². The summed E-state index contributed by atoms with van der Waals surface area (Å²) in [7, 11) is 0. The molecule has 2 atom stereocenters. The molecule has 5 nitrogen and oxygen atoms in total. The minimum absolute atomic E-state index is 0.0474. The first-order valence-electron chi connectivity index (χ1n) is 7.63. The smallest absolute Gasteiger partial charge is 0.226 e. The lowest BCUT2D eigenvalue weighted by Crippen LogP contribution is -2.48. The van der Waals surface area contributed by atoms with Gasteiger partial charge in [0.15, 0.2) is 10.8 Å². The van der Waals surface area contributed by atoms with Crippen LogP contribution in [-0.4, -0.2) is 30.0 Å². The van der Waals surface area contributed by atoms with Crippen molar-refractivity contribution in [2.45, 2.75) is 32.7 Å². The maximum atomic E-state index is 12.2. The Hall–Kier alpha value is -1.66. The SMILES string of the molecule is Cc1ccc(-c2nc(CC(=O)NC3CCNCC3C)cs2)o1. The highest BCUT2D eigenvalue weighted by Crippen LogP contribution is 2.25. The maximum Gasteiger partial charge on any atom is 0.226 e. The number of hydrogen-bond acceptors (Lipinski definition) is 5. The van der Waals surface area contributed by atoms with Crippen molar-refractivity contribution in [3.05, 3.63) is 29.0 Å². The second-order valence-electron chi connectivity index (χ2n) is 5.88. The van der Waals surface area contributed by atoms with Crippen molar-refractivity contribution < 1.29 is 9.21 Å². The van der Waals surface area contributed by atoms with Gasteiger partial charge >= 0.3 is 0 Å². The van der Waals surface area contributed by atoms with Gasteiger partial charge in [0.25, 0.3) is 0 Å². The van der Waals surface area contributed by atoms with Crippen molar-refractivity contribution in [2.75, 3.05) is 13.1 Å². The van der Waals surface area contributed by atoms with E-state index in [4.69, 9.17) is 4.42 Å². The molecule has 118 valence electrons. The normalized spacial score (nSPS) is 21.7. The van der Waals surface area contributed by atoms with Crippen LogP contribution in [0.2, 0.25) is 0 Å². The Labute approximate surface area is 134 Å². The van der Waals surface area contributed by atoms with Gasteiger partial charge in [-0.05, 0) is 44.5 Å². The summed E-state index contributed by atoms with van der Waals surface area (Å²) >= 11 is 1.51. The third kappa shape index (κ3) is 3.56. The summed E-state index contributed by atoms with van der Waals surface area (Å²) in [5.41, 5.74) is 0.799. The minimum Gasteiger partial charge on any atom is -0.459 e. The van der Waals surface area contributed by atoms with E-state index in [0.717, 1.165) is 41.7 Å². The summed E-state index contributed by atoms with van der Waals surface area (Å²) in [6, 6.07) is 4.09. The predicted molar refractivity (Wildman–Crippen MR) is 86.8 cm³/mol. The van der Waals surface area contributed by atoms with Gasteiger partial charge in [-0.3, -0.25) is 4.79 Å². The third-order valence-electron chi connectivity index (χ3n) is 3.98. The summed E-state index contributed by atoms with van der Waals surface area (Å²) in [5.74, 6) is 2.14. The lowest BCUT2D eigenvalue weighted by atomic mass is 9.95. The van der Waals surface area contributed by atoms with Gasteiger partial charge in [0.1, 0.15) is 5.76 Å². The molecule has 1 aliphatic rings. The van der Waals surface area contributed by atoms with Crippen LogP contribution in [0.15, 0.2) is 21.9 Å². The first-order chi connectivity index (χ1) is 10.6. The Balaban J connectivity index is 1.59. The number of furan rings is 1. The molecule has 2 N–H and O–H groups in total. The zero-order valence-corrected chi connectivity index (χ0v) is 13.7. The molecule has 0 bridgehead atoms. The molecule has 1 aliphatic heterocycles. The number of carbonyl (C=O) groups is 1. The molecular formula is C16H21N3O2S. The van der Waals surface area contributed by atoms with E-state index in [1.807, 2.05) is 24.4 Å². The Morgan fingerprint density at radius 1 is 1.55 bits per heavy atom. The zero-order chi connectivity index (χ0) is 15.5. The highest BCUT2D eigenvalue weighted by atomic mass is 32.1. The molecule has 22 heavy (non-hydrogen) atoms. The van der Waals surface area contributed by atoms with Gasteiger partial charge in [-0.2, -0.15) is 0 Å². The van der Waals surface area contributed by atoms with E-state index in [9.17, 15) is 4.79 Å². The molecule has 2 unspecified atom stereocenters. The number of piperidine rings is 1. The van der Waals surface area contributed by atoms with E-state index >= 15 is 0 Å². The molecule has 0 spiro atoms. The Morgan fingerprint density at radius 2 is 2.41 bits per heavy atom. The second kappa shape index (κ2) is 6.62. The number of carbonyl (C=O) groups excluding carboxylic acids is 1. The zero-order valence-electron chi connectivity index (χ0n) is 12.9. The standard InChI is InChI=1S/C16H21N3O2S/c1-10-8-17-6-5-13(10)19-15(20)7-12-9-22-16(18-12)14-4-3-11(2)21-14/h3-4,9-10,13,17H,5-8H2,1-2H3,(H,19,20). The van der Waals surface area contributed by atoms with Crippen molar-refractivity contribution in [1.29, 1.82) is 0 Å². The molecule has 1 amide bonds. The molecule has 1 saturated heterocycles. The fraction of sp³-hybridized carbons (Fsp3) is 0.500. The molecule has 0 aromatic carbocycles. The van der Waals surface area contributed by atoms with E-state index in [1.165, 1.54) is 11.3 Å². The Morgan fingerprint density at radius 3 is 3.14 bits per heavy atom. The van der Waals surface area contributed by atoms with Gasteiger partial charge < -0.3 is 15.1 Å². The molecule has 0 aliphatic carbocycles. The van der Waals surface area contributed by atoms with Crippen molar-refractivity contribution in [3.63, 3.8) is 0 Å². The van der Waals surface area contributed by atoms with Gasteiger partial charge in [-0.25, -0.2) is 4.98 Å². The summed E-state index contributed by atoms with van der Waals surface area (Å²) in [6.45, 7) is 6.00.